The number of hydrogen-bond donors (Lipinski definition) is 3. The van der Waals surface area contributed by atoms with Crippen molar-refractivity contribution in [1.82, 2.24) is 25.4 Å². The van der Waals surface area contributed by atoms with Gasteiger partial charge in [-0.2, -0.15) is 0 Å². The van der Waals surface area contributed by atoms with Crippen LogP contribution in [0.1, 0.15) is 71.7 Å². The molecule has 0 radical (unpaired) electrons. The number of nitrogens with zero attached hydrogens (tertiary/aromatic N) is 3. The average molecular weight is 649 g/mol. The molecule has 2 amide bonds. The number of anilines is 2. The first kappa shape index (κ1) is 33.4. The van der Waals surface area contributed by atoms with Gasteiger partial charge in [0.25, 0.3) is 11.8 Å². The average Bonchev–Trinajstić information content (AvgIpc) is 3.12. The van der Waals surface area contributed by atoms with E-state index in [4.69, 9.17) is 9.72 Å². The predicted molar refractivity (Wildman–Crippen MR) is 192 cm³/mol. The van der Waals surface area contributed by atoms with Crippen molar-refractivity contribution in [1.29, 1.82) is 0 Å². The van der Waals surface area contributed by atoms with Gasteiger partial charge in [-0.05, 0) is 80.6 Å². The van der Waals surface area contributed by atoms with Gasteiger partial charge >= 0.3 is 0 Å². The molecule has 1 aromatic heterocycles. The van der Waals surface area contributed by atoms with Crippen LogP contribution in [0.3, 0.4) is 0 Å². The molecule has 48 heavy (non-hydrogen) atoms. The Kier molecular flexibility index (Phi) is 11.2. The van der Waals surface area contributed by atoms with Gasteiger partial charge in [0.1, 0.15) is 17.1 Å². The van der Waals surface area contributed by atoms with Crippen molar-refractivity contribution in [2.45, 2.75) is 64.1 Å². The van der Waals surface area contributed by atoms with Gasteiger partial charge in [0.05, 0.1) is 12.7 Å². The largest absolute Gasteiger partial charge is 0.494 e. The number of ether oxygens (including phenoxy) is 1. The molecular weight excluding hydrogens is 600 g/mol. The third kappa shape index (κ3) is 8.51. The van der Waals surface area contributed by atoms with Gasteiger partial charge in [-0.25, -0.2) is 4.98 Å². The zero-order valence-electron chi connectivity index (χ0n) is 28.2. The smallest absolute Gasteiger partial charge is 0.255 e. The van der Waals surface area contributed by atoms with Crippen LogP contribution in [0.2, 0.25) is 0 Å². The second-order valence-corrected chi connectivity index (χ2v) is 13.1. The Morgan fingerprint density at radius 1 is 0.812 bits per heavy atom. The molecule has 3 aromatic carbocycles. The molecule has 9 nitrogen and oxygen atoms in total. The summed E-state index contributed by atoms with van der Waals surface area (Å²) in [7, 11) is 1.62. The number of amides is 2. The monoisotopic (exact) mass is 648 g/mol. The summed E-state index contributed by atoms with van der Waals surface area (Å²) in [4.78, 5) is 36.7. The van der Waals surface area contributed by atoms with Crippen LogP contribution < -0.4 is 20.7 Å². The number of rotatable bonds is 12. The van der Waals surface area contributed by atoms with Crippen molar-refractivity contribution < 1.29 is 14.3 Å². The minimum atomic E-state index is -0.146. The molecule has 2 saturated heterocycles. The molecule has 2 aliphatic rings. The molecular formula is C39H48N6O3. The Morgan fingerprint density at radius 2 is 1.48 bits per heavy atom. The number of fused-ring (bicyclic) bond motifs is 1. The molecule has 0 atom stereocenters. The van der Waals surface area contributed by atoms with Crippen LogP contribution in [0.25, 0.3) is 10.9 Å². The molecule has 4 aromatic rings. The molecule has 0 aliphatic carbocycles. The lowest BCUT2D eigenvalue weighted by molar-refractivity contribution is 0.0902. The number of benzene rings is 3. The van der Waals surface area contributed by atoms with Crippen LogP contribution >= 0.6 is 0 Å². The van der Waals surface area contributed by atoms with E-state index in [2.05, 4.69) is 56.9 Å². The summed E-state index contributed by atoms with van der Waals surface area (Å²) in [6.07, 6.45) is 6.12. The maximum Gasteiger partial charge on any atom is 0.255 e. The van der Waals surface area contributed by atoms with Crippen LogP contribution in [0.4, 0.5) is 11.5 Å². The van der Waals surface area contributed by atoms with Gasteiger partial charge in [-0.15, -0.1) is 0 Å². The number of carbonyl (C=O) groups excluding carboxylic acids is 2. The SMILES string of the molecule is CCCCN1CCC(NC(=O)c2cc3cccc(OC)c3nc2Nc2ccc(C(=O)NC3CCN(Cc4ccccc4)CC3)cc2)CC1. The van der Waals surface area contributed by atoms with E-state index in [0.717, 1.165) is 76.0 Å². The second kappa shape index (κ2) is 16.1. The van der Waals surface area contributed by atoms with Gasteiger partial charge in [0, 0.05) is 61.4 Å². The Labute approximate surface area is 284 Å². The fraction of sp³-hybridized carbons (Fsp3) is 0.410. The summed E-state index contributed by atoms with van der Waals surface area (Å²) in [5, 5.41) is 10.7. The van der Waals surface area contributed by atoms with E-state index < -0.39 is 0 Å². The molecule has 3 heterocycles. The van der Waals surface area contributed by atoms with Gasteiger partial charge in [0.15, 0.2) is 0 Å². The number of para-hydroxylation sites is 1. The first-order valence-corrected chi connectivity index (χ1v) is 17.4. The van der Waals surface area contributed by atoms with Crippen molar-refractivity contribution in [3.05, 3.63) is 95.6 Å². The standard InChI is InChI=1S/C39H48N6O3/c1-3-4-21-44-22-17-33(18-23-44)42-39(47)34-26-30-11-8-12-35(48-2)36(30)43-37(34)40-31-15-13-29(14-16-31)38(46)41-32-19-24-45(25-20-32)27-28-9-6-5-7-10-28/h5-16,26,32-33H,3-4,17-25,27H2,1-2H3,(H,40,43)(H,41,46)(H,42,47). The molecule has 2 aliphatic heterocycles. The highest BCUT2D eigenvalue weighted by Gasteiger charge is 2.24. The quantitative estimate of drug-likeness (QED) is 0.164. The van der Waals surface area contributed by atoms with Gasteiger partial charge in [-0.3, -0.25) is 14.5 Å². The lowest BCUT2D eigenvalue weighted by Gasteiger charge is -2.32. The molecule has 3 N–H and O–H groups in total. The van der Waals surface area contributed by atoms with Crippen molar-refractivity contribution in [2.24, 2.45) is 0 Å². The highest BCUT2D eigenvalue weighted by atomic mass is 16.5. The lowest BCUT2D eigenvalue weighted by Crippen LogP contribution is -2.45. The van der Waals surface area contributed by atoms with Gasteiger partial charge < -0.3 is 25.6 Å². The lowest BCUT2D eigenvalue weighted by atomic mass is 10.0. The molecule has 0 saturated carbocycles. The molecule has 0 spiro atoms. The number of hydrogen-bond acceptors (Lipinski definition) is 7. The normalized spacial score (nSPS) is 16.5. The van der Waals surface area contributed by atoms with Crippen LogP contribution in [0, 0.1) is 0 Å². The topological polar surface area (TPSA) is 98.8 Å². The zero-order chi connectivity index (χ0) is 33.3. The van der Waals surface area contributed by atoms with Crippen LogP contribution in [0.15, 0.2) is 78.9 Å². The van der Waals surface area contributed by atoms with E-state index in [1.807, 2.05) is 54.6 Å². The number of unbranched alkanes of at least 4 members (excludes halogenated alkanes) is 1. The van der Waals surface area contributed by atoms with Gasteiger partial charge in [0.2, 0.25) is 0 Å². The van der Waals surface area contributed by atoms with Crippen molar-refractivity contribution in [2.75, 3.05) is 45.2 Å². The fourth-order valence-electron chi connectivity index (χ4n) is 6.74. The highest BCUT2D eigenvalue weighted by molar-refractivity contribution is 6.04. The first-order valence-electron chi connectivity index (χ1n) is 17.4. The van der Waals surface area contributed by atoms with E-state index in [1.54, 1.807) is 7.11 Å². The number of nitrogens with one attached hydrogen (secondary N) is 3. The van der Waals surface area contributed by atoms with E-state index in [9.17, 15) is 9.59 Å². The first-order chi connectivity index (χ1) is 23.5. The van der Waals surface area contributed by atoms with Gasteiger partial charge in [-0.1, -0.05) is 55.8 Å². The number of carbonyl (C=O) groups is 2. The van der Waals surface area contributed by atoms with Crippen molar-refractivity contribution in [3.63, 3.8) is 0 Å². The number of piperidine rings is 2. The summed E-state index contributed by atoms with van der Waals surface area (Å²) < 4.78 is 5.59. The molecule has 6 rings (SSSR count). The summed E-state index contributed by atoms with van der Waals surface area (Å²) in [5.74, 6) is 0.870. The molecule has 252 valence electrons. The predicted octanol–water partition coefficient (Wildman–Crippen LogP) is 6.38. The summed E-state index contributed by atoms with van der Waals surface area (Å²) >= 11 is 0. The minimum absolute atomic E-state index is 0.0718. The molecule has 2 fully saturated rings. The summed E-state index contributed by atoms with van der Waals surface area (Å²) in [6, 6.07) is 25.7. The fourth-order valence-corrected chi connectivity index (χ4v) is 6.74. The van der Waals surface area contributed by atoms with Crippen molar-refractivity contribution >= 4 is 34.2 Å². The van der Waals surface area contributed by atoms with Crippen molar-refractivity contribution in [3.8, 4) is 5.75 Å². The van der Waals surface area contributed by atoms with E-state index in [0.29, 0.717) is 28.2 Å². The summed E-state index contributed by atoms with van der Waals surface area (Å²) in [5.41, 5.74) is 3.81. The zero-order valence-corrected chi connectivity index (χ0v) is 28.2. The molecule has 0 bridgehead atoms. The maximum atomic E-state index is 13.7. The van der Waals surface area contributed by atoms with E-state index in [1.165, 1.54) is 18.4 Å². The van der Waals surface area contributed by atoms with Crippen LogP contribution in [0.5, 0.6) is 5.75 Å². The minimum Gasteiger partial charge on any atom is -0.494 e. The van der Waals surface area contributed by atoms with E-state index in [-0.39, 0.29) is 23.9 Å². The second-order valence-electron chi connectivity index (χ2n) is 13.1. The summed E-state index contributed by atoms with van der Waals surface area (Å²) in [6.45, 7) is 8.19. The number of aromatic nitrogens is 1. The Balaban J connectivity index is 1.10. The highest BCUT2D eigenvalue weighted by Crippen LogP contribution is 2.30. The van der Waals surface area contributed by atoms with E-state index >= 15 is 0 Å². The number of likely N-dealkylation sites (tertiary alicyclic amines) is 2. The van der Waals surface area contributed by atoms with Crippen LogP contribution in [-0.4, -0.2) is 78.5 Å². The number of methoxy groups -OCH3 is 1. The third-order valence-electron chi connectivity index (χ3n) is 9.61. The number of pyridine rings is 1. The molecule has 9 heteroatoms. The maximum absolute atomic E-state index is 13.7. The molecule has 0 unspecified atom stereocenters. The third-order valence-corrected chi connectivity index (χ3v) is 9.61. The van der Waals surface area contributed by atoms with Crippen LogP contribution in [-0.2, 0) is 6.54 Å². The Morgan fingerprint density at radius 3 is 2.15 bits per heavy atom. The Bertz CT molecular complexity index is 1660. The Hall–Kier alpha value is -4.47.